The zero-order valence-electron chi connectivity index (χ0n) is 15.4. The molecule has 6 heteroatoms. The van der Waals surface area contributed by atoms with Gasteiger partial charge < -0.3 is 24.1 Å². The molecule has 0 aromatic heterocycles. The predicted octanol–water partition coefficient (Wildman–Crippen LogP) is 4.29. The third-order valence-electron chi connectivity index (χ3n) is 4.71. The van der Waals surface area contributed by atoms with Crippen molar-refractivity contribution < 1.29 is 28.8 Å². The number of carbonyl (C=O) groups is 1. The van der Waals surface area contributed by atoms with Gasteiger partial charge in [-0.15, -0.1) is 0 Å². The van der Waals surface area contributed by atoms with Crippen LogP contribution in [-0.2, 0) is 11.3 Å². The Morgan fingerprint density at radius 1 is 1.00 bits per heavy atom. The lowest BCUT2D eigenvalue weighted by Gasteiger charge is -2.33. The van der Waals surface area contributed by atoms with E-state index in [2.05, 4.69) is 0 Å². The molecule has 2 aliphatic rings. The number of aromatic hydroxyl groups is 1. The van der Waals surface area contributed by atoms with Crippen molar-refractivity contribution in [2.75, 3.05) is 0 Å². The molecule has 2 aromatic rings. The second-order valence-electron chi connectivity index (χ2n) is 7.15. The lowest BCUT2D eigenvalue weighted by molar-refractivity contribution is -0.180. The van der Waals surface area contributed by atoms with Crippen molar-refractivity contribution in [3.63, 3.8) is 0 Å². The monoisotopic (exact) mass is 356 g/mol. The highest BCUT2D eigenvalue weighted by Crippen LogP contribution is 2.49. The first-order valence-corrected chi connectivity index (χ1v) is 8.40. The van der Waals surface area contributed by atoms with E-state index >= 15 is 0 Å². The summed E-state index contributed by atoms with van der Waals surface area (Å²) in [6.45, 7) is 9.19. The molecule has 2 heterocycles. The second kappa shape index (κ2) is 5.38. The number of phenolic OH excluding ortho intramolecular Hbond substituents is 1. The summed E-state index contributed by atoms with van der Waals surface area (Å²) in [4.78, 5) is 12.8. The fraction of sp³-hybridized carbons (Fsp3) is 0.350. The Labute approximate surface area is 151 Å². The van der Waals surface area contributed by atoms with Crippen molar-refractivity contribution in [3.05, 3.63) is 39.9 Å². The van der Waals surface area contributed by atoms with Gasteiger partial charge >= 0.3 is 5.97 Å². The molecule has 26 heavy (non-hydrogen) atoms. The lowest BCUT2D eigenvalue weighted by Crippen LogP contribution is -2.35. The number of ether oxygens (including phenoxy) is 4. The molecule has 0 fully saturated rings. The van der Waals surface area contributed by atoms with Gasteiger partial charge in [-0.05, 0) is 44.0 Å². The van der Waals surface area contributed by atoms with E-state index in [1.54, 1.807) is 26.0 Å². The van der Waals surface area contributed by atoms with Gasteiger partial charge in [0.1, 0.15) is 17.1 Å². The number of rotatable bonds is 0. The summed E-state index contributed by atoms with van der Waals surface area (Å²) >= 11 is 0. The number of fused-ring (bicyclic) bond motifs is 4. The largest absolute Gasteiger partial charge is 0.508 e. The first-order valence-electron chi connectivity index (χ1n) is 8.40. The smallest absolute Gasteiger partial charge is 0.347 e. The maximum absolute atomic E-state index is 12.8. The second-order valence-corrected chi connectivity index (χ2v) is 7.15. The molecule has 0 amide bonds. The Bertz CT molecular complexity index is 958. The zero-order valence-corrected chi connectivity index (χ0v) is 15.4. The molecule has 1 N–H and O–H groups in total. The minimum atomic E-state index is -0.755. The van der Waals surface area contributed by atoms with Crippen LogP contribution in [0.25, 0.3) is 0 Å². The van der Waals surface area contributed by atoms with Gasteiger partial charge in [-0.3, -0.25) is 0 Å². The van der Waals surface area contributed by atoms with E-state index in [0.717, 1.165) is 0 Å². The Hall–Kier alpha value is -2.73. The summed E-state index contributed by atoms with van der Waals surface area (Å²) in [6.07, 6.45) is 0. The van der Waals surface area contributed by atoms with E-state index in [1.807, 2.05) is 20.8 Å². The van der Waals surface area contributed by atoms with Crippen LogP contribution in [0.5, 0.6) is 28.7 Å². The van der Waals surface area contributed by atoms with Gasteiger partial charge in [0.25, 0.3) is 0 Å². The predicted molar refractivity (Wildman–Crippen MR) is 93.3 cm³/mol. The Kier molecular flexibility index (Phi) is 3.46. The van der Waals surface area contributed by atoms with Crippen LogP contribution in [0, 0.1) is 20.8 Å². The molecule has 0 saturated carbocycles. The molecule has 0 radical (unpaired) electrons. The summed E-state index contributed by atoms with van der Waals surface area (Å²) in [7, 11) is 0. The van der Waals surface area contributed by atoms with E-state index in [4.69, 9.17) is 18.9 Å². The van der Waals surface area contributed by atoms with Crippen LogP contribution in [-0.4, -0.2) is 16.9 Å². The van der Waals surface area contributed by atoms with Gasteiger partial charge in [0.05, 0.1) is 12.2 Å². The van der Waals surface area contributed by atoms with Crippen LogP contribution >= 0.6 is 0 Å². The Balaban J connectivity index is 1.97. The van der Waals surface area contributed by atoms with Crippen LogP contribution < -0.4 is 14.2 Å². The maximum Gasteiger partial charge on any atom is 0.347 e. The van der Waals surface area contributed by atoms with Crippen molar-refractivity contribution >= 4 is 5.97 Å². The van der Waals surface area contributed by atoms with Gasteiger partial charge in [0, 0.05) is 19.4 Å². The molecule has 0 bridgehead atoms. The highest BCUT2D eigenvalue weighted by molar-refractivity contribution is 5.98. The number of hydrogen-bond acceptors (Lipinski definition) is 6. The molecule has 0 atom stereocenters. The summed E-state index contributed by atoms with van der Waals surface area (Å²) in [5.74, 6) is 0.414. The highest BCUT2D eigenvalue weighted by atomic mass is 16.7. The normalized spacial score (nSPS) is 17.0. The quantitative estimate of drug-likeness (QED) is 0.561. The van der Waals surface area contributed by atoms with Crippen LogP contribution in [0.4, 0.5) is 0 Å². The number of phenols is 1. The van der Waals surface area contributed by atoms with Crippen molar-refractivity contribution in [1.29, 1.82) is 0 Å². The summed E-state index contributed by atoms with van der Waals surface area (Å²) in [5.41, 5.74) is 2.81. The van der Waals surface area contributed by atoms with Gasteiger partial charge in [0.15, 0.2) is 17.2 Å². The number of esters is 1. The number of hydrogen-bond donors (Lipinski definition) is 1. The molecule has 0 aliphatic carbocycles. The van der Waals surface area contributed by atoms with E-state index in [-0.39, 0.29) is 18.1 Å². The molecule has 2 aromatic carbocycles. The molecule has 0 spiro atoms. The molecule has 6 nitrogen and oxygen atoms in total. The fourth-order valence-electron chi connectivity index (χ4n) is 3.27. The van der Waals surface area contributed by atoms with Crippen LogP contribution in [0.1, 0.15) is 46.5 Å². The minimum Gasteiger partial charge on any atom is -0.508 e. The van der Waals surface area contributed by atoms with E-state index in [0.29, 0.717) is 45.1 Å². The summed E-state index contributed by atoms with van der Waals surface area (Å²) in [6, 6.07) is 3.39. The summed E-state index contributed by atoms with van der Waals surface area (Å²) < 4.78 is 23.4. The number of carbonyl (C=O) groups excluding carboxylic acids is 1. The Morgan fingerprint density at radius 2 is 1.73 bits per heavy atom. The van der Waals surface area contributed by atoms with Crippen LogP contribution in [0.15, 0.2) is 12.1 Å². The first kappa shape index (κ1) is 16.7. The molecule has 136 valence electrons. The van der Waals surface area contributed by atoms with Crippen molar-refractivity contribution in [2.45, 2.75) is 47.0 Å². The molecule has 0 saturated heterocycles. The van der Waals surface area contributed by atoms with Crippen molar-refractivity contribution in [3.8, 4) is 28.7 Å². The number of benzene rings is 2. The molecule has 4 rings (SSSR count). The lowest BCUT2D eigenvalue weighted by atomic mass is 10.0. The van der Waals surface area contributed by atoms with Crippen molar-refractivity contribution in [2.24, 2.45) is 0 Å². The Morgan fingerprint density at radius 3 is 2.46 bits per heavy atom. The molecule has 2 aliphatic heterocycles. The third-order valence-corrected chi connectivity index (χ3v) is 4.71. The molecular formula is C20H20O6. The van der Waals surface area contributed by atoms with Gasteiger partial charge in [-0.1, -0.05) is 0 Å². The van der Waals surface area contributed by atoms with E-state index < -0.39 is 11.8 Å². The minimum absolute atomic E-state index is 0.0516. The fourth-order valence-corrected chi connectivity index (χ4v) is 3.27. The van der Waals surface area contributed by atoms with Gasteiger partial charge in [-0.25, -0.2) is 4.79 Å². The number of aryl methyl sites for hydroxylation is 2. The van der Waals surface area contributed by atoms with Gasteiger partial charge in [-0.2, -0.15) is 0 Å². The SMILES string of the molecule is Cc1cc(O)c(C)c2c1Oc1c3c(cc(C)c1C(=O)O2)OC(C)(C)OC3. The average Bonchev–Trinajstić information content (AvgIpc) is 2.69. The zero-order chi connectivity index (χ0) is 18.8. The summed E-state index contributed by atoms with van der Waals surface area (Å²) in [5, 5.41) is 10.1. The first-order chi connectivity index (χ1) is 12.2. The average molecular weight is 356 g/mol. The van der Waals surface area contributed by atoms with E-state index in [9.17, 15) is 9.90 Å². The van der Waals surface area contributed by atoms with Crippen LogP contribution in [0.3, 0.4) is 0 Å². The van der Waals surface area contributed by atoms with Gasteiger partial charge in [0.2, 0.25) is 5.79 Å². The standard InChI is InChI=1S/C20H20O6/c1-9-7-14-12(8-23-20(4,5)26-14)18-15(9)19(22)25-17-11(3)13(21)6-10(2)16(17)24-18/h6-7,21H,8H2,1-5H3. The highest BCUT2D eigenvalue weighted by Gasteiger charge is 2.36. The topological polar surface area (TPSA) is 74.2 Å². The third kappa shape index (κ3) is 2.41. The van der Waals surface area contributed by atoms with E-state index in [1.165, 1.54) is 0 Å². The van der Waals surface area contributed by atoms with Crippen LogP contribution in [0.2, 0.25) is 0 Å². The molecular weight excluding hydrogens is 336 g/mol. The molecule has 0 unspecified atom stereocenters. The maximum atomic E-state index is 12.8. The van der Waals surface area contributed by atoms with Crippen molar-refractivity contribution in [1.82, 2.24) is 0 Å².